The van der Waals surface area contributed by atoms with Crippen molar-refractivity contribution in [3.8, 4) is 0 Å². The minimum atomic E-state index is -2.54. The Hall–Kier alpha value is -1.68. The first-order chi connectivity index (χ1) is 12.0. The molecule has 0 spiro atoms. The van der Waals surface area contributed by atoms with Gasteiger partial charge in [0.05, 0.1) is 6.10 Å². The van der Waals surface area contributed by atoms with Gasteiger partial charge in [0.15, 0.2) is 0 Å². The Bertz CT molecular complexity index is 607. The Morgan fingerprint density at radius 1 is 1.00 bits per heavy atom. The van der Waals surface area contributed by atoms with Gasteiger partial charge in [-0.05, 0) is 28.3 Å². The monoisotopic (exact) mass is 354 g/mol. The van der Waals surface area contributed by atoms with Crippen LogP contribution in [-0.2, 0) is 4.43 Å². The van der Waals surface area contributed by atoms with Gasteiger partial charge in [-0.1, -0.05) is 87.5 Å². The van der Waals surface area contributed by atoms with Gasteiger partial charge in [0.2, 0.25) is 0 Å². The van der Waals surface area contributed by atoms with E-state index in [0.29, 0.717) is 0 Å². The largest absolute Gasteiger partial charge is 0.401 e. The van der Waals surface area contributed by atoms with Crippen LogP contribution in [0.1, 0.15) is 33.6 Å². The molecule has 134 valence electrons. The molecule has 2 nitrogen and oxygen atoms in total. The number of hydrogen-bond acceptors (Lipinski definition) is 2. The first kappa shape index (κ1) is 19.6. The van der Waals surface area contributed by atoms with Crippen LogP contribution in [0.15, 0.2) is 73.3 Å². The van der Waals surface area contributed by atoms with E-state index in [2.05, 4.69) is 75.9 Å². The highest BCUT2D eigenvalue weighted by Crippen LogP contribution is 2.38. The van der Waals surface area contributed by atoms with E-state index in [4.69, 9.17) is 4.43 Å². The summed E-state index contributed by atoms with van der Waals surface area (Å²) in [4.78, 5) is 0. The SMILES string of the molecule is C=CC(CCCO)O[Si](c1ccccc1)(c1ccccc1)C(C)(C)C. The second-order valence-electron chi connectivity index (χ2n) is 7.42. The normalized spacial score (nSPS) is 13.4. The molecule has 0 bridgehead atoms. The number of aliphatic hydroxyl groups is 1. The van der Waals surface area contributed by atoms with E-state index < -0.39 is 8.32 Å². The molecule has 0 aliphatic carbocycles. The lowest BCUT2D eigenvalue weighted by atomic mass is 10.2. The smallest absolute Gasteiger partial charge is 0.261 e. The van der Waals surface area contributed by atoms with Crippen LogP contribution in [0, 0.1) is 0 Å². The summed E-state index contributed by atoms with van der Waals surface area (Å²) in [6, 6.07) is 21.2. The Balaban J connectivity index is 2.62. The summed E-state index contributed by atoms with van der Waals surface area (Å²) in [5.74, 6) is 0. The highest BCUT2D eigenvalue weighted by molar-refractivity contribution is 6.99. The van der Waals surface area contributed by atoms with Gasteiger partial charge in [-0.2, -0.15) is 0 Å². The molecule has 0 radical (unpaired) electrons. The fraction of sp³-hybridized carbons (Fsp3) is 0.364. The van der Waals surface area contributed by atoms with Crippen LogP contribution < -0.4 is 10.4 Å². The van der Waals surface area contributed by atoms with E-state index in [9.17, 15) is 5.11 Å². The summed E-state index contributed by atoms with van der Waals surface area (Å²) < 4.78 is 6.94. The molecule has 0 aliphatic heterocycles. The molecule has 1 N–H and O–H groups in total. The van der Waals surface area contributed by atoms with Gasteiger partial charge in [-0.3, -0.25) is 0 Å². The quantitative estimate of drug-likeness (QED) is 0.576. The number of benzene rings is 2. The summed E-state index contributed by atoms with van der Waals surface area (Å²) in [7, 11) is -2.54. The Kier molecular flexibility index (Phi) is 6.76. The molecule has 2 aromatic rings. The minimum absolute atomic E-state index is 0.0455. The van der Waals surface area contributed by atoms with Crippen molar-refractivity contribution >= 4 is 18.7 Å². The lowest BCUT2D eigenvalue weighted by molar-refractivity contribution is 0.199. The predicted octanol–water partition coefficient (Wildman–Crippen LogP) is 3.89. The van der Waals surface area contributed by atoms with Crippen LogP contribution in [-0.4, -0.2) is 26.1 Å². The molecule has 0 fully saturated rings. The zero-order chi connectivity index (χ0) is 18.3. The minimum Gasteiger partial charge on any atom is -0.401 e. The molecule has 25 heavy (non-hydrogen) atoms. The molecule has 2 aromatic carbocycles. The van der Waals surface area contributed by atoms with Crippen molar-refractivity contribution in [3.63, 3.8) is 0 Å². The van der Waals surface area contributed by atoms with Crippen LogP contribution in [0.3, 0.4) is 0 Å². The molecular formula is C22H30O2Si. The van der Waals surface area contributed by atoms with Gasteiger partial charge < -0.3 is 9.53 Å². The predicted molar refractivity (Wildman–Crippen MR) is 109 cm³/mol. The van der Waals surface area contributed by atoms with Gasteiger partial charge in [0.25, 0.3) is 8.32 Å². The molecule has 0 amide bonds. The fourth-order valence-electron chi connectivity index (χ4n) is 3.44. The molecule has 1 atom stereocenters. The van der Waals surface area contributed by atoms with E-state index in [-0.39, 0.29) is 17.7 Å². The van der Waals surface area contributed by atoms with Crippen LogP contribution in [0.25, 0.3) is 0 Å². The van der Waals surface area contributed by atoms with Crippen LogP contribution in [0.4, 0.5) is 0 Å². The standard InChI is InChI=1S/C22H30O2Si/c1-5-19(13-12-18-23)24-25(22(2,3)4,20-14-8-6-9-15-20)21-16-10-7-11-17-21/h5-11,14-17,19,23H,1,12-13,18H2,2-4H3. The third-order valence-corrected chi connectivity index (χ3v) is 9.72. The molecule has 0 heterocycles. The topological polar surface area (TPSA) is 29.5 Å². The van der Waals surface area contributed by atoms with Gasteiger partial charge >= 0.3 is 0 Å². The lowest BCUT2D eigenvalue weighted by Crippen LogP contribution is -2.67. The second-order valence-corrected chi connectivity index (χ2v) is 11.7. The first-order valence-corrected chi connectivity index (χ1v) is 10.9. The summed E-state index contributed by atoms with van der Waals surface area (Å²) in [5, 5.41) is 11.7. The first-order valence-electron chi connectivity index (χ1n) is 8.98. The molecular weight excluding hydrogens is 324 g/mol. The van der Waals surface area contributed by atoms with E-state index in [1.807, 2.05) is 18.2 Å². The molecule has 0 saturated carbocycles. The summed E-state index contributed by atoms with van der Waals surface area (Å²) in [5.41, 5.74) is 0. The summed E-state index contributed by atoms with van der Waals surface area (Å²) in [6.07, 6.45) is 3.31. The van der Waals surface area contributed by atoms with Gasteiger partial charge in [-0.15, -0.1) is 6.58 Å². The Labute approximate surface area is 153 Å². The zero-order valence-corrected chi connectivity index (χ0v) is 16.6. The lowest BCUT2D eigenvalue weighted by Gasteiger charge is -2.44. The molecule has 0 aromatic heterocycles. The van der Waals surface area contributed by atoms with Crippen molar-refractivity contribution in [1.82, 2.24) is 0 Å². The maximum atomic E-state index is 9.22. The Morgan fingerprint density at radius 2 is 1.48 bits per heavy atom. The van der Waals surface area contributed by atoms with E-state index in [1.54, 1.807) is 0 Å². The average Bonchev–Trinajstić information content (AvgIpc) is 2.62. The van der Waals surface area contributed by atoms with Crippen molar-refractivity contribution in [2.45, 2.75) is 44.8 Å². The third-order valence-electron chi connectivity index (χ3n) is 4.65. The highest BCUT2D eigenvalue weighted by Gasteiger charge is 2.51. The maximum absolute atomic E-state index is 9.22. The van der Waals surface area contributed by atoms with Crippen molar-refractivity contribution in [3.05, 3.63) is 73.3 Å². The summed E-state index contributed by atoms with van der Waals surface area (Å²) >= 11 is 0. The van der Waals surface area contributed by atoms with Crippen molar-refractivity contribution in [2.24, 2.45) is 0 Å². The van der Waals surface area contributed by atoms with Gasteiger partial charge in [-0.25, -0.2) is 0 Å². The van der Waals surface area contributed by atoms with Crippen LogP contribution in [0.5, 0.6) is 0 Å². The third kappa shape index (κ3) is 4.29. The van der Waals surface area contributed by atoms with Gasteiger partial charge in [0, 0.05) is 6.61 Å². The molecule has 3 heteroatoms. The highest BCUT2D eigenvalue weighted by atomic mass is 28.4. The molecule has 0 saturated heterocycles. The average molecular weight is 355 g/mol. The fourth-order valence-corrected chi connectivity index (χ4v) is 8.12. The van der Waals surface area contributed by atoms with E-state index in [1.165, 1.54) is 10.4 Å². The van der Waals surface area contributed by atoms with Crippen molar-refractivity contribution in [1.29, 1.82) is 0 Å². The van der Waals surface area contributed by atoms with Crippen molar-refractivity contribution in [2.75, 3.05) is 6.61 Å². The number of aliphatic hydroxyl groups excluding tert-OH is 1. The molecule has 1 unspecified atom stereocenters. The second kappa shape index (κ2) is 8.61. The summed E-state index contributed by atoms with van der Waals surface area (Å²) in [6.45, 7) is 11.0. The maximum Gasteiger partial charge on any atom is 0.261 e. The molecule has 0 aliphatic rings. The van der Waals surface area contributed by atoms with Crippen molar-refractivity contribution < 1.29 is 9.53 Å². The Morgan fingerprint density at radius 3 is 1.84 bits per heavy atom. The van der Waals surface area contributed by atoms with E-state index in [0.717, 1.165) is 12.8 Å². The molecule has 2 rings (SSSR count). The van der Waals surface area contributed by atoms with E-state index >= 15 is 0 Å². The van der Waals surface area contributed by atoms with Crippen LogP contribution in [0.2, 0.25) is 5.04 Å². The zero-order valence-electron chi connectivity index (χ0n) is 15.6. The van der Waals surface area contributed by atoms with Crippen LogP contribution >= 0.6 is 0 Å². The van der Waals surface area contributed by atoms with Gasteiger partial charge in [0.1, 0.15) is 0 Å². The number of rotatable bonds is 8. The number of hydrogen-bond donors (Lipinski definition) is 1.